The number of carbonyl (C=O) groups excluding carboxylic acids is 2. The summed E-state index contributed by atoms with van der Waals surface area (Å²) in [4.78, 5) is 24.1. The van der Waals surface area contributed by atoms with Crippen LogP contribution in [-0.2, 0) is 14.3 Å². The number of thioether (sulfide) groups is 1. The SMILES string of the molecule is CSc1nnc(-c2ccc(C(=O)NCCOCCOCCNC(=O)CC(C)CC(C)C)cc2)o1. The fourth-order valence-electron chi connectivity index (χ4n) is 3.37. The van der Waals surface area contributed by atoms with E-state index in [1.165, 1.54) is 11.8 Å². The van der Waals surface area contributed by atoms with Crippen LogP contribution >= 0.6 is 11.8 Å². The van der Waals surface area contributed by atoms with Gasteiger partial charge in [0.1, 0.15) is 0 Å². The molecule has 1 aromatic heterocycles. The molecule has 0 radical (unpaired) electrons. The first-order valence-corrected chi connectivity index (χ1v) is 12.8. The molecule has 0 aliphatic rings. The second kappa shape index (κ2) is 15.5. The number of nitrogens with one attached hydrogen (secondary N) is 2. The second-order valence-corrected chi connectivity index (χ2v) is 9.18. The minimum Gasteiger partial charge on any atom is -0.411 e. The number of ether oxygens (including phenoxy) is 2. The van der Waals surface area contributed by atoms with Crippen LogP contribution < -0.4 is 10.6 Å². The molecular formula is C24H36N4O5S. The smallest absolute Gasteiger partial charge is 0.276 e. The zero-order valence-electron chi connectivity index (χ0n) is 20.5. The van der Waals surface area contributed by atoms with Crippen LogP contribution in [0, 0.1) is 11.8 Å². The lowest BCUT2D eigenvalue weighted by Gasteiger charge is -2.13. The summed E-state index contributed by atoms with van der Waals surface area (Å²) in [6.45, 7) is 9.01. The molecule has 34 heavy (non-hydrogen) atoms. The zero-order chi connectivity index (χ0) is 24.8. The number of rotatable bonds is 16. The molecule has 2 N–H and O–H groups in total. The van der Waals surface area contributed by atoms with Gasteiger partial charge in [-0.05, 0) is 48.8 Å². The van der Waals surface area contributed by atoms with Crippen molar-refractivity contribution in [3.8, 4) is 11.5 Å². The molecule has 1 unspecified atom stereocenters. The molecule has 0 aliphatic heterocycles. The Kier molecular flexibility index (Phi) is 12.7. The number of carbonyl (C=O) groups is 2. The van der Waals surface area contributed by atoms with Gasteiger partial charge < -0.3 is 24.5 Å². The molecule has 1 atom stereocenters. The van der Waals surface area contributed by atoms with Crippen LogP contribution in [0.1, 0.15) is 44.0 Å². The Labute approximate surface area is 205 Å². The summed E-state index contributed by atoms with van der Waals surface area (Å²) in [7, 11) is 0. The summed E-state index contributed by atoms with van der Waals surface area (Å²) in [6, 6.07) is 6.97. The van der Waals surface area contributed by atoms with Gasteiger partial charge >= 0.3 is 0 Å². The minimum atomic E-state index is -0.180. The van der Waals surface area contributed by atoms with Crippen LogP contribution in [0.25, 0.3) is 11.5 Å². The Hall–Kier alpha value is -2.43. The van der Waals surface area contributed by atoms with Gasteiger partial charge in [0.25, 0.3) is 11.1 Å². The number of hydrogen-bond acceptors (Lipinski definition) is 8. The molecule has 1 aromatic carbocycles. The van der Waals surface area contributed by atoms with Crippen molar-refractivity contribution in [3.63, 3.8) is 0 Å². The van der Waals surface area contributed by atoms with Crippen molar-refractivity contribution in [1.82, 2.24) is 20.8 Å². The lowest BCUT2D eigenvalue weighted by Crippen LogP contribution is -2.29. The normalized spacial score (nSPS) is 12.0. The quantitative estimate of drug-likeness (QED) is 0.271. The standard InChI is InChI=1S/C24H36N4O5S/c1-17(2)15-18(3)16-21(29)25-9-11-31-13-14-32-12-10-26-22(30)19-5-7-20(8-6-19)23-27-28-24(33-23)34-4/h5-8,17-18H,9-16H2,1-4H3,(H,25,29)(H,26,30). The average molecular weight is 493 g/mol. The third-order valence-corrected chi connectivity index (χ3v) is 5.37. The van der Waals surface area contributed by atoms with Crippen molar-refractivity contribution in [2.75, 3.05) is 45.8 Å². The largest absolute Gasteiger partial charge is 0.411 e. The second-order valence-electron chi connectivity index (χ2n) is 8.42. The fraction of sp³-hybridized carbons (Fsp3) is 0.583. The summed E-state index contributed by atoms with van der Waals surface area (Å²) in [5, 5.41) is 14.1. The van der Waals surface area contributed by atoms with Crippen molar-refractivity contribution < 1.29 is 23.5 Å². The van der Waals surface area contributed by atoms with Crippen LogP contribution in [0.2, 0.25) is 0 Å². The molecule has 0 aliphatic carbocycles. The van der Waals surface area contributed by atoms with Crippen molar-refractivity contribution in [3.05, 3.63) is 29.8 Å². The Morgan fingerprint density at radius 2 is 1.62 bits per heavy atom. The van der Waals surface area contributed by atoms with Crippen molar-refractivity contribution >= 4 is 23.6 Å². The maximum Gasteiger partial charge on any atom is 0.276 e. The van der Waals surface area contributed by atoms with Gasteiger partial charge in [0.2, 0.25) is 11.8 Å². The van der Waals surface area contributed by atoms with E-state index >= 15 is 0 Å². The molecule has 2 rings (SSSR count). The fourth-order valence-corrected chi connectivity index (χ4v) is 3.66. The topological polar surface area (TPSA) is 116 Å². The van der Waals surface area contributed by atoms with Crippen LogP contribution in [0.15, 0.2) is 33.9 Å². The molecular weight excluding hydrogens is 456 g/mol. The maximum atomic E-state index is 12.2. The Morgan fingerprint density at radius 1 is 0.971 bits per heavy atom. The predicted octanol–water partition coefficient (Wildman–Crippen LogP) is 3.41. The Bertz CT molecular complexity index is 873. The van der Waals surface area contributed by atoms with E-state index in [0.29, 0.717) is 74.5 Å². The van der Waals surface area contributed by atoms with E-state index in [2.05, 4.69) is 41.6 Å². The predicted molar refractivity (Wildman–Crippen MR) is 132 cm³/mol. The highest BCUT2D eigenvalue weighted by Crippen LogP contribution is 2.22. The zero-order valence-corrected chi connectivity index (χ0v) is 21.3. The van der Waals surface area contributed by atoms with E-state index in [-0.39, 0.29) is 11.8 Å². The molecule has 1 heterocycles. The van der Waals surface area contributed by atoms with Gasteiger partial charge in [0.05, 0.1) is 26.4 Å². The highest BCUT2D eigenvalue weighted by atomic mass is 32.2. The molecule has 0 fully saturated rings. The third kappa shape index (κ3) is 10.7. The Morgan fingerprint density at radius 3 is 2.21 bits per heavy atom. The van der Waals surface area contributed by atoms with E-state index in [4.69, 9.17) is 13.9 Å². The lowest BCUT2D eigenvalue weighted by atomic mass is 9.96. The van der Waals surface area contributed by atoms with E-state index in [9.17, 15) is 9.59 Å². The van der Waals surface area contributed by atoms with Crippen LogP contribution in [-0.4, -0.2) is 67.8 Å². The van der Waals surface area contributed by atoms with Crippen molar-refractivity contribution in [2.24, 2.45) is 11.8 Å². The molecule has 0 saturated heterocycles. The van der Waals surface area contributed by atoms with E-state index in [0.717, 1.165) is 12.0 Å². The summed E-state index contributed by atoms with van der Waals surface area (Å²) < 4.78 is 16.4. The highest BCUT2D eigenvalue weighted by Gasteiger charge is 2.11. The molecule has 0 spiro atoms. The third-order valence-electron chi connectivity index (χ3n) is 4.86. The number of benzene rings is 1. The first-order chi connectivity index (χ1) is 16.4. The molecule has 0 saturated carbocycles. The number of nitrogens with zero attached hydrogens (tertiary/aromatic N) is 2. The number of amides is 2. The molecule has 2 amide bonds. The first kappa shape index (κ1) is 27.8. The Balaban J connectivity index is 1.49. The summed E-state index contributed by atoms with van der Waals surface area (Å²) >= 11 is 1.38. The van der Waals surface area contributed by atoms with Crippen molar-refractivity contribution in [1.29, 1.82) is 0 Å². The van der Waals surface area contributed by atoms with Crippen LogP contribution in [0.4, 0.5) is 0 Å². The molecule has 9 nitrogen and oxygen atoms in total. The summed E-state index contributed by atoms with van der Waals surface area (Å²) in [5.74, 6) is 1.30. The number of aromatic nitrogens is 2. The van der Waals surface area contributed by atoms with Crippen LogP contribution in [0.3, 0.4) is 0 Å². The van der Waals surface area contributed by atoms with Gasteiger partial charge in [-0.2, -0.15) is 0 Å². The summed E-state index contributed by atoms with van der Waals surface area (Å²) in [5.41, 5.74) is 1.30. The maximum absolute atomic E-state index is 12.2. The number of hydrogen-bond donors (Lipinski definition) is 2. The van der Waals surface area contributed by atoms with E-state index < -0.39 is 0 Å². The summed E-state index contributed by atoms with van der Waals surface area (Å²) in [6.07, 6.45) is 3.46. The first-order valence-electron chi connectivity index (χ1n) is 11.6. The highest BCUT2D eigenvalue weighted by molar-refractivity contribution is 7.98. The van der Waals surface area contributed by atoms with E-state index in [1.807, 2.05) is 6.26 Å². The van der Waals surface area contributed by atoms with Gasteiger partial charge in [0, 0.05) is 30.6 Å². The molecule has 0 bridgehead atoms. The van der Waals surface area contributed by atoms with Gasteiger partial charge in [0.15, 0.2) is 0 Å². The monoisotopic (exact) mass is 492 g/mol. The van der Waals surface area contributed by atoms with Gasteiger partial charge in [-0.3, -0.25) is 9.59 Å². The average Bonchev–Trinajstić information content (AvgIpc) is 3.29. The van der Waals surface area contributed by atoms with E-state index in [1.54, 1.807) is 24.3 Å². The van der Waals surface area contributed by atoms with Gasteiger partial charge in [-0.25, -0.2) is 0 Å². The van der Waals surface area contributed by atoms with Crippen molar-refractivity contribution in [2.45, 2.75) is 38.8 Å². The lowest BCUT2D eigenvalue weighted by molar-refractivity contribution is -0.122. The van der Waals surface area contributed by atoms with Crippen LogP contribution in [0.5, 0.6) is 0 Å². The van der Waals surface area contributed by atoms with Gasteiger partial charge in [-0.1, -0.05) is 32.5 Å². The molecule has 10 heteroatoms. The minimum absolute atomic E-state index is 0.0674. The molecule has 188 valence electrons. The van der Waals surface area contributed by atoms with Gasteiger partial charge in [-0.15, -0.1) is 10.2 Å². The molecule has 2 aromatic rings.